The Balaban J connectivity index is 1.68. The highest BCUT2D eigenvalue weighted by Crippen LogP contribution is 2.30. The molecule has 2 aliphatic rings. The third kappa shape index (κ3) is 3.02. The number of Topliss-reactive ketones (excluding diaryl/α,β-unsaturated/α-hetero) is 1. The quantitative estimate of drug-likeness (QED) is 0.892. The van der Waals surface area contributed by atoms with Crippen molar-refractivity contribution in [2.45, 2.75) is 57.9 Å². The number of hydrogen-bond acceptors (Lipinski definition) is 4. The summed E-state index contributed by atoms with van der Waals surface area (Å²) >= 11 is 0. The van der Waals surface area contributed by atoms with E-state index in [0.29, 0.717) is 55.4 Å². The molecule has 1 amide bonds. The molecule has 0 aliphatic heterocycles. The van der Waals surface area contributed by atoms with Crippen LogP contribution in [0.1, 0.15) is 70.8 Å². The molecule has 1 heterocycles. The lowest BCUT2D eigenvalue weighted by Crippen LogP contribution is -2.38. The van der Waals surface area contributed by atoms with E-state index in [4.69, 9.17) is 9.52 Å². The van der Waals surface area contributed by atoms with Crippen molar-refractivity contribution in [1.29, 1.82) is 0 Å². The normalized spacial score (nSPS) is 24.1. The number of hydrogen-bond donors (Lipinski definition) is 2. The van der Waals surface area contributed by atoms with Gasteiger partial charge in [0.05, 0.1) is 11.5 Å². The first-order chi connectivity index (χ1) is 11.0. The lowest BCUT2D eigenvalue weighted by Gasteiger charge is -2.26. The number of aryl methyl sites for hydroxylation is 1. The maximum atomic E-state index is 12.4. The summed E-state index contributed by atoms with van der Waals surface area (Å²) in [5.41, 5.74) is 1.21. The van der Waals surface area contributed by atoms with Crippen molar-refractivity contribution >= 4 is 17.7 Å². The van der Waals surface area contributed by atoms with Crippen LogP contribution in [-0.4, -0.2) is 28.8 Å². The van der Waals surface area contributed by atoms with Gasteiger partial charge in [-0.3, -0.25) is 14.4 Å². The maximum Gasteiger partial charge on any atom is 0.306 e. The fourth-order valence-corrected chi connectivity index (χ4v) is 3.60. The summed E-state index contributed by atoms with van der Waals surface area (Å²) in [6.07, 6.45) is 4.42. The van der Waals surface area contributed by atoms with Crippen LogP contribution in [0.15, 0.2) is 4.42 Å². The number of carboxylic acid groups (broad SMARTS) is 1. The summed E-state index contributed by atoms with van der Waals surface area (Å²) in [7, 11) is 0. The Kier molecular flexibility index (Phi) is 4.24. The summed E-state index contributed by atoms with van der Waals surface area (Å²) in [5.74, 6) is -0.470. The van der Waals surface area contributed by atoms with Crippen LogP contribution in [0.2, 0.25) is 0 Å². The lowest BCUT2D eigenvalue weighted by molar-refractivity contribution is -0.142. The molecule has 124 valence electrons. The summed E-state index contributed by atoms with van der Waals surface area (Å²) in [4.78, 5) is 35.4. The Bertz CT molecular complexity index is 652. The topological polar surface area (TPSA) is 96.6 Å². The Morgan fingerprint density at radius 1 is 1.17 bits per heavy atom. The number of carbonyl (C=O) groups excluding carboxylic acids is 2. The monoisotopic (exact) mass is 319 g/mol. The van der Waals surface area contributed by atoms with E-state index in [1.165, 1.54) is 0 Å². The van der Waals surface area contributed by atoms with Crippen LogP contribution in [0, 0.1) is 12.8 Å². The molecular weight excluding hydrogens is 298 g/mol. The molecule has 0 unspecified atom stereocenters. The maximum absolute atomic E-state index is 12.4. The van der Waals surface area contributed by atoms with Gasteiger partial charge in [0.15, 0.2) is 11.5 Å². The van der Waals surface area contributed by atoms with Gasteiger partial charge in [0, 0.05) is 24.4 Å². The van der Waals surface area contributed by atoms with Gasteiger partial charge in [0.2, 0.25) is 0 Å². The van der Waals surface area contributed by atoms with E-state index >= 15 is 0 Å². The molecular formula is C17H21NO5. The minimum atomic E-state index is -0.761. The van der Waals surface area contributed by atoms with Crippen molar-refractivity contribution < 1.29 is 23.9 Å². The summed E-state index contributed by atoms with van der Waals surface area (Å²) in [6, 6.07) is -0.0321. The van der Waals surface area contributed by atoms with Crippen LogP contribution < -0.4 is 5.32 Å². The smallest absolute Gasteiger partial charge is 0.306 e. The second-order valence-electron chi connectivity index (χ2n) is 6.49. The first kappa shape index (κ1) is 15.8. The molecule has 1 saturated carbocycles. The molecule has 6 nitrogen and oxygen atoms in total. The van der Waals surface area contributed by atoms with Gasteiger partial charge in [0.25, 0.3) is 5.91 Å². The number of nitrogens with one attached hydrogen (secondary N) is 1. The molecule has 1 fully saturated rings. The molecule has 0 radical (unpaired) electrons. The van der Waals surface area contributed by atoms with Crippen molar-refractivity contribution in [3.8, 4) is 0 Å². The zero-order valence-electron chi connectivity index (χ0n) is 13.2. The Morgan fingerprint density at radius 3 is 2.48 bits per heavy atom. The molecule has 2 N–H and O–H groups in total. The number of carbonyl (C=O) groups is 3. The minimum absolute atomic E-state index is 0.0321. The van der Waals surface area contributed by atoms with Crippen LogP contribution in [-0.2, 0) is 11.2 Å². The van der Waals surface area contributed by atoms with Gasteiger partial charge < -0.3 is 14.8 Å². The zero-order valence-corrected chi connectivity index (χ0v) is 13.2. The van der Waals surface area contributed by atoms with Gasteiger partial charge >= 0.3 is 5.97 Å². The number of ketones is 1. The van der Waals surface area contributed by atoms with E-state index < -0.39 is 5.97 Å². The van der Waals surface area contributed by atoms with Crippen molar-refractivity contribution in [1.82, 2.24) is 5.32 Å². The highest BCUT2D eigenvalue weighted by molar-refractivity contribution is 6.03. The number of fused-ring (bicyclic) bond motifs is 1. The average Bonchev–Trinajstić information content (AvgIpc) is 2.86. The molecule has 6 heteroatoms. The van der Waals surface area contributed by atoms with Gasteiger partial charge in [-0.15, -0.1) is 0 Å². The molecule has 0 aromatic carbocycles. The largest absolute Gasteiger partial charge is 0.481 e. The summed E-state index contributed by atoms with van der Waals surface area (Å²) in [6.45, 7) is 1.75. The first-order valence-electron chi connectivity index (χ1n) is 8.16. The van der Waals surface area contributed by atoms with Crippen molar-refractivity contribution in [2.75, 3.05) is 0 Å². The summed E-state index contributed by atoms with van der Waals surface area (Å²) < 4.78 is 5.64. The van der Waals surface area contributed by atoms with E-state index in [1.807, 2.05) is 0 Å². The average molecular weight is 319 g/mol. The van der Waals surface area contributed by atoms with Crippen molar-refractivity contribution in [3.05, 3.63) is 22.6 Å². The molecule has 2 aliphatic carbocycles. The number of rotatable bonds is 3. The predicted octanol–water partition coefficient (Wildman–Crippen LogP) is 2.48. The van der Waals surface area contributed by atoms with Crippen LogP contribution >= 0.6 is 0 Å². The minimum Gasteiger partial charge on any atom is -0.481 e. The molecule has 0 bridgehead atoms. The molecule has 23 heavy (non-hydrogen) atoms. The Morgan fingerprint density at radius 2 is 1.87 bits per heavy atom. The third-order valence-corrected chi connectivity index (χ3v) is 4.92. The van der Waals surface area contributed by atoms with Crippen LogP contribution in [0.25, 0.3) is 0 Å². The van der Waals surface area contributed by atoms with Gasteiger partial charge in [-0.25, -0.2) is 0 Å². The van der Waals surface area contributed by atoms with E-state index in [9.17, 15) is 14.4 Å². The lowest BCUT2D eigenvalue weighted by atomic mass is 9.86. The van der Waals surface area contributed by atoms with E-state index in [2.05, 4.69) is 5.32 Å². The fourth-order valence-electron chi connectivity index (χ4n) is 3.60. The first-order valence-corrected chi connectivity index (χ1v) is 8.16. The number of amides is 1. The number of furan rings is 1. The van der Waals surface area contributed by atoms with Gasteiger partial charge in [0.1, 0.15) is 5.76 Å². The Hall–Kier alpha value is -2.11. The molecule has 0 spiro atoms. The van der Waals surface area contributed by atoms with Crippen LogP contribution in [0.5, 0.6) is 0 Å². The fraction of sp³-hybridized carbons (Fsp3) is 0.588. The van der Waals surface area contributed by atoms with E-state index in [1.54, 1.807) is 6.92 Å². The SMILES string of the molecule is Cc1c(C(=O)NC2CCC(C(=O)O)CC2)oc2c1C(=O)CCC2. The highest BCUT2D eigenvalue weighted by atomic mass is 16.4. The molecule has 0 saturated heterocycles. The van der Waals surface area contributed by atoms with E-state index in [-0.39, 0.29) is 29.4 Å². The van der Waals surface area contributed by atoms with Gasteiger partial charge in [-0.2, -0.15) is 0 Å². The molecule has 3 rings (SSSR count). The van der Waals surface area contributed by atoms with Crippen molar-refractivity contribution in [3.63, 3.8) is 0 Å². The zero-order chi connectivity index (χ0) is 16.6. The third-order valence-electron chi connectivity index (χ3n) is 4.92. The Labute approximate surface area is 134 Å². The molecule has 1 aromatic rings. The van der Waals surface area contributed by atoms with Crippen LogP contribution in [0.3, 0.4) is 0 Å². The van der Waals surface area contributed by atoms with Crippen molar-refractivity contribution in [2.24, 2.45) is 5.92 Å². The predicted molar refractivity (Wildman–Crippen MR) is 81.6 cm³/mol. The number of carboxylic acids is 1. The van der Waals surface area contributed by atoms with E-state index in [0.717, 1.165) is 6.42 Å². The molecule has 1 aromatic heterocycles. The highest BCUT2D eigenvalue weighted by Gasteiger charge is 2.31. The summed E-state index contributed by atoms with van der Waals surface area (Å²) in [5, 5.41) is 11.9. The second kappa shape index (κ2) is 6.18. The van der Waals surface area contributed by atoms with Gasteiger partial charge in [-0.05, 0) is 39.0 Å². The number of aliphatic carboxylic acids is 1. The standard InChI is InChI=1S/C17H21NO5/c1-9-14-12(19)3-2-4-13(14)23-15(9)16(20)18-11-7-5-10(6-8-11)17(21)22/h10-11H,2-8H2,1H3,(H,18,20)(H,21,22). The molecule has 0 atom stereocenters. The van der Waals surface area contributed by atoms with Gasteiger partial charge in [-0.1, -0.05) is 0 Å². The second-order valence-corrected chi connectivity index (χ2v) is 6.49. The van der Waals surface area contributed by atoms with Crippen LogP contribution in [0.4, 0.5) is 0 Å².